The number of nitrogens with one attached hydrogen (secondary N) is 1. The summed E-state index contributed by atoms with van der Waals surface area (Å²) < 4.78 is 0. The van der Waals surface area contributed by atoms with Gasteiger partial charge in [-0.2, -0.15) is 0 Å². The van der Waals surface area contributed by atoms with Crippen molar-refractivity contribution in [3.63, 3.8) is 0 Å². The lowest BCUT2D eigenvalue weighted by Gasteiger charge is -2.19. The Morgan fingerprint density at radius 1 is 1.22 bits per heavy atom. The summed E-state index contributed by atoms with van der Waals surface area (Å²) in [6.45, 7) is 4.10. The van der Waals surface area contributed by atoms with Crippen LogP contribution >= 0.6 is 11.3 Å². The van der Waals surface area contributed by atoms with Crippen LogP contribution in [0, 0.1) is 0 Å². The summed E-state index contributed by atoms with van der Waals surface area (Å²) in [5.74, 6) is 0.851. The van der Waals surface area contributed by atoms with Crippen LogP contribution in [0.3, 0.4) is 0 Å². The molecule has 0 aromatic carbocycles. The molecule has 1 N–H and O–H groups in total. The number of rotatable bonds is 2. The Morgan fingerprint density at radius 2 is 2.22 bits per heavy atom. The number of nitrogens with zero attached hydrogens (tertiary/aromatic N) is 3. The molecule has 0 spiro atoms. The van der Waals surface area contributed by atoms with E-state index < -0.39 is 0 Å². The Morgan fingerprint density at radius 3 is 3.11 bits per heavy atom. The number of anilines is 1. The van der Waals surface area contributed by atoms with E-state index in [1.807, 2.05) is 12.3 Å². The first-order valence-corrected chi connectivity index (χ1v) is 7.14. The molecule has 3 heterocycles. The van der Waals surface area contributed by atoms with Gasteiger partial charge in [0.05, 0.1) is 10.6 Å². The highest BCUT2D eigenvalue weighted by atomic mass is 32.1. The van der Waals surface area contributed by atoms with Crippen LogP contribution < -0.4 is 10.2 Å². The van der Waals surface area contributed by atoms with Crippen LogP contribution in [-0.4, -0.2) is 36.1 Å². The van der Waals surface area contributed by atoms with Gasteiger partial charge in [-0.05, 0) is 30.5 Å². The summed E-state index contributed by atoms with van der Waals surface area (Å²) in [4.78, 5) is 12.5. The molecule has 2 aromatic heterocycles. The molecule has 1 saturated heterocycles. The van der Waals surface area contributed by atoms with Crippen LogP contribution in [0.4, 0.5) is 5.95 Å². The molecule has 0 amide bonds. The molecule has 0 saturated carbocycles. The standard InChI is InChI=1S/C13H16N4S/c1-3-12(18-10-1)11-4-6-15-13(16-11)17-8-2-5-14-7-9-17/h1,3-4,6,10,14H,2,5,7-9H2. The molecule has 0 aliphatic carbocycles. The van der Waals surface area contributed by atoms with E-state index in [-0.39, 0.29) is 0 Å². The summed E-state index contributed by atoms with van der Waals surface area (Å²) in [6, 6.07) is 6.13. The molecular formula is C13H16N4S. The predicted octanol–water partition coefficient (Wildman–Crippen LogP) is 2.00. The zero-order valence-corrected chi connectivity index (χ0v) is 11.0. The maximum absolute atomic E-state index is 4.68. The van der Waals surface area contributed by atoms with E-state index in [2.05, 4.69) is 37.7 Å². The Bertz CT molecular complexity index is 489. The second kappa shape index (κ2) is 5.46. The fraction of sp³-hybridized carbons (Fsp3) is 0.385. The smallest absolute Gasteiger partial charge is 0.225 e. The van der Waals surface area contributed by atoms with Crippen molar-refractivity contribution in [3.05, 3.63) is 29.8 Å². The highest BCUT2D eigenvalue weighted by Gasteiger charge is 2.12. The Kier molecular flexibility index (Phi) is 3.52. The second-order valence-electron chi connectivity index (χ2n) is 4.31. The average molecular weight is 260 g/mol. The van der Waals surface area contributed by atoms with E-state index in [0.717, 1.165) is 44.2 Å². The van der Waals surface area contributed by atoms with Gasteiger partial charge in [0.25, 0.3) is 0 Å². The third kappa shape index (κ3) is 2.52. The normalized spacial score (nSPS) is 16.6. The van der Waals surface area contributed by atoms with E-state index >= 15 is 0 Å². The maximum atomic E-state index is 4.68. The molecule has 0 bridgehead atoms. The summed E-state index contributed by atoms with van der Waals surface area (Å²) in [5, 5.41) is 5.47. The Hall–Kier alpha value is -1.46. The third-order valence-electron chi connectivity index (χ3n) is 3.04. The van der Waals surface area contributed by atoms with E-state index in [1.54, 1.807) is 11.3 Å². The molecule has 1 aliphatic heterocycles. The lowest BCUT2D eigenvalue weighted by Crippen LogP contribution is -2.29. The van der Waals surface area contributed by atoms with Crippen molar-refractivity contribution in [2.75, 3.05) is 31.1 Å². The quantitative estimate of drug-likeness (QED) is 0.896. The molecule has 2 aromatic rings. The van der Waals surface area contributed by atoms with Gasteiger partial charge in [-0.25, -0.2) is 9.97 Å². The van der Waals surface area contributed by atoms with Crippen molar-refractivity contribution < 1.29 is 0 Å². The zero-order chi connectivity index (χ0) is 12.2. The van der Waals surface area contributed by atoms with Crippen LogP contribution in [0.2, 0.25) is 0 Å². The third-order valence-corrected chi connectivity index (χ3v) is 3.93. The SMILES string of the molecule is c1csc(-c2ccnc(N3CCCNCC3)n2)c1. The number of hydrogen-bond donors (Lipinski definition) is 1. The van der Waals surface area contributed by atoms with Crippen molar-refractivity contribution in [1.82, 2.24) is 15.3 Å². The topological polar surface area (TPSA) is 41.1 Å². The van der Waals surface area contributed by atoms with Gasteiger partial charge in [0.15, 0.2) is 0 Å². The molecule has 4 nitrogen and oxygen atoms in total. The van der Waals surface area contributed by atoms with Gasteiger partial charge < -0.3 is 10.2 Å². The second-order valence-corrected chi connectivity index (χ2v) is 5.26. The fourth-order valence-electron chi connectivity index (χ4n) is 2.11. The Balaban J connectivity index is 1.86. The van der Waals surface area contributed by atoms with Gasteiger partial charge in [0, 0.05) is 25.8 Å². The van der Waals surface area contributed by atoms with E-state index in [9.17, 15) is 0 Å². The van der Waals surface area contributed by atoms with Crippen LogP contribution in [0.15, 0.2) is 29.8 Å². The maximum Gasteiger partial charge on any atom is 0.225 e. The first kappa shape index (κ1) is 11.6. The summed E-state index contributed by atoms with van der Waals surface area (Å²) >= 11 is 1.71. The highest BCUT2D eigenvalue weighted by Crippen LogP contribution is 2.23. The average Bonchev–Trinajstić information content (AvgIpc) is 2.82. The van der Waals surface area contributed by atoms with Gasteiger partial charge >= 0.3 is 0 Å². The number of hydrogen-bond acceptors (Lipinski definition) is 5. The largest absolute Gasteiger partial charge is 0.339 e. The lowest BCUT2D eigenvalue weighted by atomic mass is 10.3. The van der Waals surface area contributed by atoms with Gasteiger partial charge in [-0.15, -0.1) is 11.3 Å². The van der Waals surface area contributed by atoms with Crippen LogP contribution in [-0.2, 0) is 0 Å². The number of aromatic nitrogens is 2. The molecule has 0 unspecified atom stereocenters. The predicted molar refractivity (Wildman–Crippen MR) is 75.0 cm³/mol. The van der Waals surface area contributed by atoms with Crippen LogP contribution in [0.5, 0.6) is 0 Å². The van der Waals surface area contributed by atoms with Crippen LogP contribution in [0.25, 0.3) is 10.6 Å². The number of thiophene rings is 1. The van der Waals surface area contributed by atoms with E-state index in [1.165, 1.54) is 4.88 Å². The molecule has 0 atom stereocenters. The van der Waals surface area contributed by atoms with Crippen molar-refractivity contribution >= 4 is 17.3 Å². The van der Waals surface area contributed by atoms with Crippen molar-refractivity contribution in [1.29, 1.82) is 0 Å². The summed E-state index contributed by atoms with van der Waals surface area (Å²) in [6.07, 6.45) is 3.00. The van der Waals surface area contributed by atoms with Gasteiger partial charge in [-0.3, -0.25) is 0 Å². The van der Waals surface area contributed by atoms with Crippen molar-refractivity contribution in [2.24, 2.45) is 0 Å². The summed E-state index contributed by atoms with van der Waals surface area (Å²) in [7, 11) is 0. The van der Waals surface area contributed by atoms with E-state index in [4.69, 9.17) is 0 Å². The molecule has 18 heavy (non-hydrogen) atoms. The molecule has 1 aliphatic rings. The zero-order valence-electron chi connectivity index (χ0n) is 10.2. The van der Waals surface area contributed by atoms with Crippen molar-refractivity contribution in [2.45, 2.75) is 6.42 Å². The van der Waals surface area contributed by atoms with Gasteiger partial charge in [0.2, 0.25) is 5.95 Å². The minimum absolute atomic E-state index is 0.851. The first-order valence-electron chi connectivity index (χ1n) is 6.26. The monoisotopic (exact) mass is 260 g/mol. The summed E-state index contributed by atoms with van der Waals surface area (Å²) in [5.41, 5.74) is 1.02. The Labute approximate surface area is 111 Å². The van der Waals surface area contributed by atoms with Crippen molar-refractivity contribution in [3.8, 4) is 10.6 Å². The molecule has 0 radical (unpaired) electrons. The minimum atomic E-state index is 0.851. The van der Waals surface area contributed by atoms with Gasteiger partial charge in [0.1, 0.15) is 0 Å². The van der Waals surface area contributed by atoms with Crippen LogP contribution in [0.1, 0.15) is 6.42 Å². The molecule has 5 heteroatoms. The molecule has 1 fully saturated rings. The highest BCUT2D eigenvalue weighted by molar-refractivity contribution is 7.13. The molecule has 94 valence electrons. The minimum Gasteiger partial charge on any atom is -0.339 e. The lowest BCUT2D eigenvalue weighted by molar-refractivity contribution is 0.724. The first-order chi connectivity index (χ1) is 8.93. The van der Waals surface area contributed by atoms with E-state index in [0.29, 0.717) is 0 Å². The molecule has 3 rings (SSSR count). The van der Waals surface area contributed by atoms with Gasteiger partial charge in [-0.1, -0.05) is 6.07 Å². The molecular weight excluding hydrogens is 244 g/mol. The fourth-order valence-corrected chi connectivity index (χ4v) is 2.80.